The zero-order valence-electron chi connectivity index (χ0n) is 7.12. The molecule has 62 valence electrons. The van der Waals surface area contributed by atoms with Gasteiger partial charge in [0.05, 0.1) is 0 Å². The summed E-state index contributed by atoms with van der Waals surface area (Å²) in [6.07, 6.45) is 5.37. The smallest absolute Gasteiger partial charge is 0.0321 e. The van der Waals surface area contributed by atoms with E-state index < -0.39 is 0 Å². The molecule has 0 saturated heterocycles. The summed E-state index contributed by atoms with van der Waals surface area (Å²) in [5, 5.41) is 2.18. The normalized spacial score (nSPS) is 9.77. The molecule has 0 amide bonds. The van der Waals surface area contributed by atoms with Gasteiger partial charge in [-0.2, -0.15) is 0 Å². The van der Waals surface area contributed by atoms with E-state index in [0.29, 0.717) is 0 Å². The van der Waals surface area contributed by atoms with Crippen molar-refractivity contribution in [1.82, 2.24) is 0 Å². The molecule has 2 rings (SSSR count). The van der Waals surface area contributed by atoms with Crippen LogP contribution in [0.2, 0.25) is 0 Å². The second-order valence-corrected chi connectivity index (χ2v) is 2.93. The fourth-order valence-electron chi connectivity index (χ4n) is 1.43. The minimum atomic E-state index is 0.765. The summed E-state index contributed by atoms with van der Waals surface area (Å²) in [7, 11) is 0. The lowest BCUT2D eigenvalue weighted by atomic mass is 10.0. The van der Waals surface area contributed by atoms with E-state index >= 15 is 0 Å². The molecule has 0 atom stereocenters. The Morgan fingerprint density at radius 1 is 1.15 bits per heavy atom. The monoisotopic (exact) mass is 167 g/mol. The Bertz CT molecular complexity index is 492. The highest BCUT2D eigenvalue weighted by Gasteiger charge is 1.97. The summed E-state index contributed by atoms with van der Waals surface area (Å²) >= 11 is 0. The minimum Gasteiger partial charge on any atom is -0.399 e. The number of terminal acetylenes is 1. The van der Waals surface area contributed by atoms with Crippen molar-refractivity contribution in [1.29, 1.82) is 0 Å². The van der Waals surface area contributed by atoms with Crippen molar-refractivity contribution in [3.63, 3.8) is 0 Å². The Labute approximate surface area is 77.2 Å². The number of nitrogen functional groups attached to an aromatic ring is 1. The van der Waals surface area contributed by atoms with Crippen LogP contribution in [0.5, 0.6) is 0 Å². The molecule has 0 spiro atoms. The standard InChI is InChI=1S/C12H9N/c1-2-9-4-3-5-10-8-11(13)6-7-12(9)10/h1,3-8H,13H2. The van der Waals surface area contributed by atoms with Crippen molar-refractivity contribution < 1.29 is 0 Å². The van der Waals surface area contributed by atoms with Crippen LogP contribution in [0.4, 0.5) is 5.69 Å². The van der Waals surface area contributed by atoms with Crippen LogP contribution in [0.25, 0.3) is 10.8 Å². The van der Waals surface area contributed by atoms with Crippen molar-refractivity contribution in [3.8, 4) is 12.3 Å². The molecule has 0 aromatic heterocycles. The maximum atomic E-state index is 5.66. The topological polar surface area (TPSA) is 26.0 Å². The summed E-state index contributed by atoms with van der Waals surface area (Å²) in [5.41, 5.74) is 7.34. The summed E-state index contributed by atoms with van der Waals surface area (Å²) < 4.78 is 0. The number of nitrogens with two attached hydrogens (primary N) is 1. The fourth-order valence-corrected chi connectivity index (χ4v) is 1.43. The highest BCUT2D eigenvalue weighted by atomic mass is 14.5. The van der Waals surface area contributed by atoms with Gasteiger partial charge in [0.25, 0.3) is 0 Å². The Balaban J connectivity index is 2.87. The van der Waals surface area contributed by atoms with E-state index in [1.54, 1.807) is 0 Å². The predicted molar refractivity (Wildman–Crippen MR) is 56.3 cm³/mol. The van der Waals surface area contributed by atoms with Gasteiger partial charge in [0.2, 0.25) is 0 Å². The lowest BCUT2D eigenvalue weighted by molar-refractivity contribution is 1.69. The van der Waals surface area contributed by atoms with Gasteiger partial charge in [0, 0.05) is 11.3 Å². The maximum Gasteiger partial charge on any atom is 0.0321 e. The van der Waals surface area contributed by atoms with Crippen molar-refractivity contribution in [3.05, 3.63) is 42.0 Å². The number of rotatable bonds is 0. The average Bonchev–Trinajstić information content (AvgIpc) is 2.16. The Morgan fingerprint density at radius 2 is 2.00 bits per heavy atom. The minimum absolute atomic E-state index is 0.765. The number of fused-ring (bicyclic) bond motifs is 1. The van der Waals surface area contributed by atoms with E-state index in [1.807, 2.05) is 36.4 Å². The van der Waals surface area contributed by atoms with Gasteiger partial charge < -0.3 is 5.73 Å². The SMILES string of the molecule is C#Cc1cccc2cc(N)ccc12. The van der Waals surface area contributed by atoms with Crippen LogP contribution in [0.3, 0.4) is 0 Å². The molecule has 0 radical (unpaired) electrons. The lowest BCUT2D eigenvalue weighted by Gasteiger charge is -2.01. The number of benzene rings is 2. The van der Waals surface area contributed by atoms with E-state index in [4.69, 9.17) is 12.2 Å². The summed E-state index contributed by atoms with van der Waals surface area (Å²) in [4.78, 5) is 0. The first-order chi connectivity index (χ1) is 6.31. The molecule has 2 N–H and O–H groups in total. The van der Waals surface area contributed by atoms with Crippen LogP contribution in [0, 0.1) is 12.3 Å². The van der Waals surface area contributed by atoms with E-state index in [9.17, 15) is 0 Å². The van der Waals surface area contributed by atoms with Crippen molar-refractivity contribution >= 4 is 16.5 Å². The third-order valence-electron chi connectivity index (χ3n) is 2.06. The fraction of sp³-hybridized carbons (Fsp3) is 0. The second-order valence-electron chi connectivity index (χ2n) is 2.93. The molecule has 2 aromatic rings. The van der Waals surface area contributed by atoms with Gasteiger partial charge in [0.1, 0.15) is 0 Å². The zero-order valence-corrected chi connectivity index (χ0v) is 7.12. The molecule has 13 heavy (non-hydrogen) atoms. The van der Waals surface area contributed by atoms with E-state index in [2.05, 4.69) is 5.92 Å². The van der Waals surface area contributed by atoms with Gasteiger partial charge in [-0.25, -0.2) is 0 Å². The molecule has 0 saturated carbocycles. The molecule has 0 aliphatic rings. The van der Waals surface area contributed by atoms with Crippen LogP contribution in [-0.4, -0.2) is 0 Å². The van der Waals surface area contributed by atoms with Crippen LogP contribution < -0.4 is 5.73 Å². The van der Waals surface area contributed by atoms with Gasteiger partial charge in [-0.1, -0.05) is 24.1 Å². The van der Waals surface area contributed by atoms with E-state index in [1.165, 1.54) is 0 Å². The summed E-state index contributed by atoms with van der Waals surface area (Å²) in [5.74, 6) is 2.65. The lowest BCUT2D eigenvalue weighted by Crippen LogP contribution is -1.85. The molecule has 2 aromatic carbocycles. The highest BCUT2D eigenvalue weighted by molar-refractivity contribution is 5.90. The Hall–Kier alpha value is -1.94. The van der Waals surface area contributed by atoms with E-state index in [-0.39, 0.29) is 0 Å². The average molecular weight is 167 g/mol. The Morgan fingerprint density at radius 3 is 2.77 bits per heavy atom. The second kappa shape index (κ2) is 2.84. The van der Waals surface area contributed by atoms with E-state index in [0.717, 1.165) is 22.0 Å². The first-order valence-electron chi connectivity index (χ1n) is 4.06. The van der Waals surface area contributed by atoms with Crippen LogP contribution >= 0.6 is 0 Å². The summed E-state index contributed by atoms with van der Waals surface area (Å²) in [6.45, 7) is 0. The number of hydrogen-bond acceptors (Lipinski definition) is 1. The maximum absolute atomic E-state index is 5.66. The molecular formula is C12H9N. The third kappa shape index (κ3) is 1.23. The highest BCUT2D eigenvalue weighted by Crippen LogP contribution is 2.20. The van der Waals surface area contributed by atoms with Crippen LogP contribution in [0.1, 0.15) is 5.56 Å². The first kappa shape index (κ1) is 7.70. The van der Waals surface area contributed by atoms with Gasteiger partial charge in [-0.3, -0.25) is 0 Å². The first-order valence-corrected chi connectivity index (χ1v) is 4.06. The number of anilines is 1. The van der Waals surface area contributed by atoms with Crippen LogP contribution in [0.15, 0.2) is 36.4 Å². The molecule has 1 nitrogen and oxygen atoms in total. The largest absolute Gasteiger partial charge is 0.399 e. The molecule has 0 aliphatic carbocycles. The zero-order chi connectivity index (χ0) is 9.26. The van der Waals surface area contributed by atoms with Gasteiger partial charge in [-0.15, -0.1) is 6.42 Å². The van der Waals surface area contributed by atoms with Crippen LogP contribution in [-0.2, 0) is 0 Å². The van der Waals surface area contributed by atoms with Gasteiger partial charge in [-0.05, 0) is 29.0 Å². The molecule has 0 fully saturated rings. The van der Waals surface area contributed by atoms with Gasteiger partial charge >= 0.3 is 0 Å². The van der Waals surface area contributed by atoms with Gasteiger partial charge in [0.15, 0.2) is 0 Å². The molecule has 1 heteroatoms. The molecular weight excluding hydrogens is 158 g/mol. The van der Waals surface area contributed by atoms with Crippen molar-refractivity contribution in [2.45, 2.75) is 0 Å². The number of hydrogen-bond donors (Lipinski definition) is 1. The molecule has 0 aliphatic heterocycles. The third-order valence-corrected chi connectivity index (χ3v) is 2.06. The molecule has 0 unspecified atom stereocenters. The van der Waals surface area contributed by atoms with Crippen molar-refractivity contribution in [2.24, 2.45) is 0 Å². The quantitative estimate of drug-likeness (QED) is 0.473. The summed E-state index contributed by atoms with van der Waals surface area (Å²) in [6, 6.07) is 11.6. The molecule has 0 heterocycles. The molecule has 0 bridgehead atoms. The van der Waals surface area contributed by atoms with Crippen molar-refractivity contribution in [2.75, 3.05) is 5.73 Å². The predicted octanol–water partition coefficient (Wildman–Crippen LogP) is 2.40. The Kier molecular flexibility index (Phi) is 1.68.